The van der Waals surface area contributed by atoms with Gasteiger partial charge in [0.15, 0.2) is 5.69 Å². The number of hydrogen-bond acceptors (Lipinski definition) is 4. The predicted octanol–water partition coefficient (Wildman–Crippen LogP) is 3.79. The lowest BCUT2D eigenvalue weighted by Gasteiger charge is -2.13. The van der Waals surface area contributed by atoms with Gasteiger partial charge in [-0.25, -0.2) is 14.4 Å². The molecule has 0 aliphatic heterocycles. The average molecular weight is 400 g/mol. The summed E-state index contributed by atoms with van der Waals surface area (Å²) in [5, 5.41) is 5.59. The van der Waals surface area contributed by atoms with Gasteiger partial charge in [-0.15, -0.1) is 0 Å². The Bertz CT molecular complexity index is 975. The van der Waals surface area contributed by atoms with Crippen molar-refractivity contribution in [2.75, 3.05) is 5.32 Å². The maximum absolute atomic E-state index is 13.6. The Kier molecular flexibility index (Phi) is 5.08. The number of rotatable bonds is 4. The number of nitrogens with one attached hydrogen (secondary N) is 1. The van der Waals surface area contributed by atoms with Crippen molar-refractivity contribution in [2.24, 2.45) is 0 Å². The molecule has 0 bridgehead atoms. The average Bonchev–Trinajstić information content (AvgIpc) is 3.04. The number of nitrogens with zero attached hydrogens (tertiary/aromatic N) is 4. The SMILES string of the molecule is O=C(Nc1cncnc1)c1cnn(Cc2cccc(F)c2Cl)c1C(F)(F)F. The summed E-state index contributed by atoms with van der Waals surface area (Å²) in [6, 6.07) is 3.77. The Morgan fingerprint density at radius 1 is 1.19 bits per heavy atom. The predicted molar refractivity (Wildman–Crippen MR) is 87.7 cm³/mol. The normalized spacial score (nSPS) is 11.4. The molecule has 3 rings (SSSR count). The zero-order chi connectivity index (χ0) is 19.6. The molecule has 3 aromatic rings. The van der Waals surface area contributed by atoms with Crippen molar-refractivity contribution in [1.29, 1.82) is 0 Å². The van der Waals surface area contributed by atoms with Gasteiger partial charge in [-0.3, -0.25) is 9.48 Å². The second-order valence-electron chi connectivity index (χ2n) is 5.36. The zero-order valence-electron chi connectivity index (χ0n) is 13.3. The lowest BCUT2D eigenvalue weighted by molar-refractivity contribution is -0.144. The topological polar surface area (TPSA) is 72.7 Å². The van der Waals surface area contributed by atoms with E-state index in [-0.39, 0.29) is 16.3 Å². The van der Waals surface area contributed by atoms with Gasteiger partial charge in [0.2, 0.25) is 0 Å². The van der Waals surface area contributed by atoms with Crippen LogP contribution in [0.2, 0.25) is 5.02 Å². The van der Waals surface area contributed by atoms with E-state index in [1.54, 1.807) is 0 Å². The highest BCUT2D eigenvalue weighted by molar-refractivity contribution is 6.31. The number of carbonyl (C=O) groups is 1. The molecule has 6 nitrogen and oxygen atoms in total. The van der Waals surface area contributed by atoms with E-state index in [2.05, 4.69) is 20.4 Å². The third kappa shape index (κ3) is 4.05. The molecule has 1 N–H and O–H groups in total. The fourth-order valence-electron chi connectivity index (χ4n) is 2.36. The summed E-state index contributed by atoms with van der Waals surface area (Å²) in [4.78, 5) is 19.6. The Morgan fingerprint density at radius 2 is 1.89 bits per heavy atom. The number of carbonyl (C=O) groups excluding carboxylic acids is 1. The second-order valence-corrected chi connectivity index (χ2v) is 5.73. The van der Waals surface area contributed by atoms with Crippen LogP contribution in [-0.2, 0) is 12.7 Å². The minimum atomic E-state index is -4.88. The number of benzene rings is 1. The molecule has 0 unspecified atom stereocenters. The first kappa shape index (κ1) is 18.8. The molecule has 1 amide bonds. The van der Waals surface area contributed by atoms with Crippen LogP contribution in [0.25, 0.3) is 0 Å². The van der Waals surface area contributed by atoms with E-state index < -0.39 is 35.7 Å². The Morgan fingerprint density at radius 3 is 2.56 bits per heavy atom. The molecule has 1 aromatic carbocycles. The number of amides is 1. The van der Waals surface area contributed by atoms with E-state index in [9.17, 15) is 22.4 Å². The van der Waals surface area contributed by atoms with Crippen LogP contribution in [-0.4, -0.2) is 25.7 Å². The summed E-state index contributed by atoms with van der Waals surface area (Å²) >= 11 is 5.80. The second kappa shape index (κ2) is 7.31. The van der Waals surface area contributed by atoms with E-state index in [1.165, 1.54) is 30.9 Å². The van der Waals surface area contributed by atoms with Gasteiger partial charge in [0, 0.05) is 0 Å². The molecule has 0 spiro atoms. The van der Waals surface area contributed by atoms with E-state index in [0.717, 1.165) is 12.3 Å². The number of halogens is 5. The van der Waals surface area contributed by atoms with Crippen molar-refractivity contribution in [3.8, 4) is 0 Å². The number of hydrogen-bond donors (Lipinski definition) is 1. The maximum Gasteiger partial charge on any atom is 0.433 e. The van der Waals surface area contributed by atoms with Crippen molar-refractivity contribution < 1.29 is 22.4 Å². The standard InChI is InChI=1S/C16H10ClF4N5O/c17-13-9(2-1-3-12(13)18)7-26-14(16(19,20)21)11(6-24-26)15(27)25-10-4-22-8-23-5-10/h1-6,8H,7H2,(H,25,27). The van der Waals surface area contributed by atoms with Crippen LogP contribution >= 0.6 is 11.6 Å². The monoisotopic (exact) mass is 399 g/mol. The molecule has 11 heteroatoms. The molecule has 2 heterocycles. The van der Waals surface area contributed by atoms with E-state index in [4.69, 9.17) is 11.6 Å². The van der Waals surface area contributed by atoms with Crippen molar-refractivity contribution in [3.63, 3.8) is 0 Å². The molecule has 0 aliphatic rings. The van der Waals surface area contributed by atoms with Crippen molar-refractivity contribution >= 4 is 23.2 Å². The first-order valence-corrected chi connectivity index (χ1v) is 7.77. The Hall–Kier alpha value is -3.01. The first-order chi connectivity index (χ1) is 12.8. The van der Waals surface area contributed by atoms with Gasteiger partial charge in [0.25, 0.3) is 5.91 Å². The molecule has 0 atom stereocenters. The van der Waals surface area contributed by atoms with Crippen LogP contribution < -0.4 is 5.32 Å². The highest BCUT2D eigenvalue weighted by Gasteiger charge is 2.40. The first-order valence-electron chi connectivity index (χ1n) is 7.39. The van der Waals surface area contributed by atoms with Crippen LogP contribution in [0.5, 0.6) is 0 Å². The Labute approximate surface area is 154 Å². The van der Waals surface area contributed by atoms with Gasteiger partial charge in [0.1, 0.15) is 12.1 Å². The molecule has 0 saturated carbocycles. The summed E-state index contributed by atoms with van der Waals surface area (Å²) in [6.45, 7) is -0.465. The van der Waals surface area contributed by atoms with Gasteiger partial charge in [-0.05, 0) is 11.6 Å². The van der Waals surface area contributed by atoms with E-state index in [1.807, 2.05) is 0 Å². The van der Waals surface area contributed by atoms with E-state index >= 15 is 0 Å². The molecular weight excluding hydrogens is 390 g/mol. The lowest BCUT2D eigenvalue weighted by atomic mass is 10.2. The number of aromatic nitrogens is 4. The van der Waals surface area contributed by atoms with Gasteiger partial charge in [-0.2, -0.15) is 18.3 Å². The summed E-state index contributed by atoms with van der Waals surface area (Å²) in [6.07, 6.45) is -0.424. The van der Waals surface area contributed by atoms with Crippen molar-refractivity contribution in [3.05, 3.63) is 70.8 Å². The number of alkyl halides is 3. The van der Waals surface area contributed by atoms with E-state index in [0.29, 0.717) is 4.68 Å². The van der Waals surface area contributed by atoms with Crippen molar-refractivity contribution in [2.45, 2.75) is 12.7 Å². The van der Waals surface area contributed by atoms with Crippen LogP contribution in [0.15, 0.2) is 43.1 Å². The van der Waals surface area contributed by atoms with Crippen LogP contribution in [0.3, 0.4) is 0 Å². The van der Waals surface area contributed by atoms with Crippen LogP contribution in [0.1, 0.15) is 21.6 Å². The maximum atomic E-state index is 13.6. The highest BCUT2D eigenvalue weighted by atomic mass is 35.5. The summed E-state index contributed by atoms with van der Waals surface area (Å²) in [5.41, 5.74) is -1.76. The summed E-state index contributed by atoms with van der Waals surface area (Å²) < 4.78 is 54.7. The van der Waals surface area contributed by atoms with Gasteiger partial charge >= 0.3 is 6.18 Å². The number of anilines is 1. The third-order valence-corrected chi connectivity index (χ3v) is 3.95. The third-order valence-electron chi connectivity index (χ3n) is 3.52. The fraction of sp³-hybridized carbons (Fsp3) is 0.125. The molecule has 27 heavy (non-hydrogen) atoms. The molecule has 140 valence electrons. The smallest absolute Gasteiger partial charge is 0.319 e. The highest BCUT2D eigenvalue weighted by Crippen LogP contribution is 2.33. The zero-order valence-corrected chi connectivity index (χ0v) is 14.1. The Balaban J connectivity index is 1.97. The summed E-state index contributed by atoms with van der Waals surface area (Å²) in [5.74, 6) is -1.80. The molecule has 0 radical (unpaired) electrons. The summed E-state index contributed by atoms with van der Waals surface area (Å²) in [7, 11) is 0. The molecule has 0 aliphatic carbocycles. The van der Waals surface area contributed by atoms with Gasteiger partial charge in [-0.1, -0.05) is 23.7 Å². The molecule has 0 saturated heterocycles. The molecule has 0 fully saturated rings. The minimum absolute atomic E-state index is 0.0914. The fourth-order valence-corrected chi connectivity index (χ4v) is 2.55. The lowest BCUT2D eigenvalue weighted by Crippen LogP contribution is -2.21. The van der Waals surface area contributed by atoms with Gasteiger partial charge < -0.3 is 5.32 Å². The van der Waals surface area contributed by atoms with Crippen LogP contribution in [0, 0.1) is 5.82 Å². The molecule has 2 aromatic heterocycles. The minimum Gasteiger partial charge on any atom is -0.319 e. The largest absolute Gasteiger partial charge is 0.433 e. The molecular formula is C16H10ClF4N5O. The van der Waals surface area contributed by atoms with Crippen molar-refractivity contribution in [1.82, 2.24) is 19.7 Å². The van der Waals surface area contributed by atoms with Crippen LogP contribution in [0.4, 0.5) is 23.2 Å². The van der Waals surface area contributed by atoms with Gasteiger partial charge in [0.05, 0.1) is 41.4 Å². The quantitative estimate of drug-likeness (QED) is 0.678.